The Kier molecular flexibility index (Phi) is 8.21. The Morgan fingerprint density at radius 1 is 0.636 bits per heavy atom. The summed E-state index contributed by atoms with van der Waals surface area (Å²) in [6.45, 7) is 8.71. The van der Waals surface area contributed by atoms with Gasteiger partial charge in [-0.1, -0.05) is 24.4 Å². The van der Waals surface area contributed by atoms with Gasteiger partial charge in [-0.25, -0.2) is 0 Å². The lowest BCUT2D eigenvalue weighted by atomic mass is 10.4. The van der Waals surface area contributed by atoms with Crippen LogP contribution in [0.1, 0.15) is 12.8 Å². The first-order valence-electron chi connectivity index (χ1n) is 7.85. The number of thiocarbonyl (C=S) groups is 2. The van der Waals surface area contributed by atoms with E-state index < -0.39 is 0 Å². The molecule has 0 amide bonds. The lowest BCUT2D eigenvalue weighted by Gasteiger charge is -2.25. The quantitative estimate of drug-likeness (QED) is 0.464. The topological polar surface area (TPSA) is 13.0 Å². The minimum atomic E-state index is 0.981. The van der Waals surface area contributed by atoms with Gasteiger partial charge in [0.2, 0.25) is 0 Å². The molecule has 2 aliphatic rings. The molecule has 0 unspecified atom stereocenters. The summed E-state index contributed by atoms with van der Waals surface area (Å²) in [5.41, 5.74) is 0. The van der Waals surface area contributed by atoms with E-state index in [0.717, 1.165) is 61.0 Å². The predicted octanol–water partition coefficient (Wildman–Crippen LogP) is 2.21. The molecular weight excluding hydrogens is 352 g/mol. The average molecular weight is 379 g/mol. The van der Waals surface area contributed by atoms with Gasteiger partial charge in [-0.05, 0) is 61.6 Å². The number of likely N-dealkylation sites (N-methyl/N-ethyl adjacent to an activating group) is 2. The van der Waals surface area contributed by atoms with Crippen LogP contribution in [-0.2, 0) is 0 Å². The summed E-state index contributed by atoms with van der Waals surface area (Å²) in [5.74, 6) is 0. The first-order valence-corrected chi connectivity index (χ1v) is 10.8. The highest BCUT2D eigenvalue weighted by atomic mass is 33.1. The molecule has 126 valence electrons. The van der Waals surface area contributed by atoms with Crippen LogP contribution in [0.25, 0.3) is 0 Å². The van der Waals surface area contributed by atoms with E-state index in [2.05, 4.69) is 33.7 Å². The summed E-state index contributed by atoms with van der Waals surface area (Å²) in [7, 11) is 7.68. The molecule has 0 aromatic heterocycles. The van der Waals surface area contributed by atoms with Crippen molar-refractivity contribution in [2.45, 2.75) is 12.8 Å². The standard InChI is InChI=1S/C14H26N4S4/c1-15-5-3-7-17(11-9-15)13(19)21-22-14(20)18-8-4-6-16(2)10-12-18/h3-12H2,1-2H3. The Morgan fingerprint density at radius 2 is 1.05 bits per heavy atom. The fourth-order valence-electron chi connectivity index (χ4n) is 2.63. The van der Waals surface area contributed by atoms with Crippen molar-refractivity contribution < 1.29 is 0 Å². The van der Waals surface area contributed by atoms with Gasteiger partial charge in [0.05, 0.1) is 0 Å². The zero-order chi connectivity index (χ0) is 15.9. The highest BCUT2D eigenvalue weighted by molar-refractivity contribution is 8.89. The van der Waals surface area contributed by atoms with Crippen molar-refractivity contribution in [3.63, 3.8) is 0 Å². The molecule has 0 bridgehead atoms. The van der Waals surface area contributed by atoms with Crippen LogP contribution in [0.15, 0.2) is 0 Å². The molecule has 22 heavy (non-hydrogen) atoms. The summed E-state index contributed by atoms with van der Waals surface area (Å²) in [5, 5.41) is 0. The molecule has 2 saturated heterocycles. The van der Waals surface area contributed by atoms with Crippen molar-refractivity contribution in [2.24, 2.45) is 0 Å². The monoisotopic (exact) mass is 378 g/mol. The van der Waals surface area contributed by atoms with Crippen molar-refractivity contribution in [1.82, 2.24) is 19.6 Å². The van der Waals surface area contributed by atoms with E-state index in [1.807, 2.05) is 0 Å². The maximum atomic E-state index is 5.60. The normalized spacial score (nSPS) is 22.3. The van der Waals surface area contributed by atoms with Gasteiger partial charge in [0, 0.05) is 39.3 Å². The van der Waals surface area contributed by atoms with E-state index in [1.54, 1.807) is 21.6 Å². The summed E-state index contributed by atoms with van der Waals surface area (Å²) in [6, 6.07) is 0. The molecule has 4 nitrogen and oxygen atoms in total. The lowest BCUT2D eigenvalue weighted by Crippen LogP contribution is -2.33. The Balaban J connectivity index is 1.74. The van der Waals surface area contributed by atoms with Crippen molar-refractivity contribution in [3.8, 4) is 0 Å². The fourth-order valence-corrected chi connectivity index (χ4v) is 5.39. The number of rotatable bonds is 0. The number of nitrogens with zero attached hydrogens (tertiary/aromatic N) is 4. The van der Waals surface area contributed by atoms with Crippen LogP contribution < -0.4 is 0 Å². The average Bonchev–Trinajstić information content (AvgIpc) is 2.84. The molecule has 0 aromatic carbocycles. The number of hydrogen-bond donors (Lipinski definition) is 0. The highest BCUT2D eigenvalue weighted by Gasteiger charge is 2.19. The molecule has 2 fully saturated rings. The second-order valence-electron chi connectivity index (χ2n) is 5.99. The van der Waals surface area contributed by atoms with Gasteiger partial charge in [-0.3, -0.25) is 0 Å². The van der Waals surface area contributed by atoms with Gasteiger partial charge >= 0.3 is 0 Å². The Labute approximate surface area is 153 Å². The van der Waals surface area contributed by atoms with Gasteiger partial charge in [0.15, 0.2) is 0 Å². The van der Waals surface area contributed by atoms with E-state index >= 15 is 0 Å². The minimum Gasteiger partial charge on any atom is -0.356 e. The first-order chi connectivity index (χ1) is 10.6. The van der Waals surface area contributed by atoms with Crippen LogP contribution in [0.5, 0.6) is 0 Å². The van der Waals surface area contributed by atoms with E-state index in [9.17, 15) is 0 Å². The zero-order valence-electron chi connectivity index (χ0n) is 13.5. The van der Waals surface area contributed by atoms with Crippen molar-refractivity contribution >= 4 is 54.7 Å². The largest absolute Gasteiger partial charge is 0.356 e. The fraction of sp³-hybridized carbons (Fsp3) is 0.857. The van der Waals surface area contributed by atoms with E-state index in [0.29, 0.717) is 0 Å². The molecular formula is C14H26N4S4. The SMILES string of the molecule is CN1CCCN(C(=S)SSC(=S)N2CCCN(C)CC2)CC1. The molecule has 0 aromatic rings. The maximum Gasteiger partial charge on any atom is 0.147 e. The highest BCUT2D eigenvalue weighted by Crippen LogP contribution is 2.29. The van der Waals surface area contributed by atoms with Gasteiger partial charge < -0.3 is 19.6 Å². The summed E-state index contributed by atoms with van der Waals surface area (Å²) < 4.78 is 1.96. The van der Waals surface area contributed by atoms with Gasteiger partial charge in [0.25, 0.3) is 0 Å². The summed E-state index contributed by atoms with van der Waals surface area (Å²) in [4.78, 5) is 9.40. The molecule has 0 atom stereocenters. The minimum absolute atomic E-state index is 0.981. The third kappa shape index (κ3) is 6.13. The van der Waals surface area contributed by atoms with E-state index in [4.69, 9.17) is 24.4 Å². The first kappa shape index (κ1) is 18.7. The molecule has 0 spiro atoms. The van der Waals surface area contributed by atoms with Gasteiger partial charge in [-0.2, -0.15) is 0 Å². The van der Waals surface area contributed by atoms with Crippen LogP contribution >= 0.6 is 46.0 Å². The zero-order valence-corrected chi connectivity index (χ0v) is 16.8. The van der Waals surface area contributed by atoms with Crippen molar-refractivity contribution in [3.05, 3.63) is 0 Å². The summed E-state index contributed by atoms with van der Waals surface area (Å²) >= 11 is 11.2. The van der Waals surface area contributed by atoms with Crippen molar-refractivity contribution in [2.75, 3.05) is 66.5 Å². The maximum absolute atomic E-state index is 5.60. The molecule has 2 aliphatic heterocycles. The Morgan fingerprint density at radius 3 is 1.45 bits per heavy atom. The lowest BCUT2D eigenvalue weighted by molar-refractivity contribution is 0.348. The molecule has 0 N–H and O–H groups in total. The van der Waals surface area contributed by atoms with E-state index in [-0.39, 0.29) is 0 Å². The molecule has 0 radical (unpaired) electrons. The Bertz CT molecular complexity index is 357. The second kappa shape index (κ2) is 9.64. The van der Waals surface area contributed by atoms with Gasteiger partial charge in [0.1, 0.15) is 8.64 Å². The van der Waals surface area contributed by atoms with Crippen LogP contribution in [0, 0.1) is 0 Å². The number of hydrogen-bond acceptors (Lipinski definition) is 6. The van der Waals surface area contributed by atoms with Crippen LogP contribution in [-0.4, -0.2) is 94.7 Å². The predicted molar refractivity (Wildman–Crippen MR) is 108 cm³/mol. The molecule has 0 aliphatic carbocycles. The van der Waals surface area contributed by atoms with Crippen molar-refractivity contribution in [1.29, 1.82) is 0 Å². The molecule has 8 heteroatoms. The molecule has 2 heterocycles. The van der Waals surface area contributed by atoms with E-state index in [1.165, 1.54) is 12.8 Å². The molecule has 2 rings (SSSR count). The van der Waals surface area contributed by atoms with Crippen LogP contribution in [0.3, 0.4) is 0 Å². The van der Waals surface area contributed by atoms with Crippen LogP contribution in [0.2, 0.25) is 0 Å². The third-order valence-electron chi connectivity index (χ3n) is 4.14. The second-order valence-corrected chi connectivity index (χ2v) is 9.38. The summed E-state index contributed by atoms with van der Waals surface area (Å²) in [6.07, 6.45) is 2.37. The third-order valence-corrected chi connectivity index (χ3v) is 7.87. The van der Waals surface area contributed by atoms with Crippen LogP contribution in [0.4, 0.5) is 0 Å². The molecule has 0 saturated carbocycles. The Hall–Kier alpha value is 0.400. The van der Waals surface area contributed by atoms with Gasteiger partial charge in [-0.15, -0.1) is 0 Å². The smallest absolute Gasteiger partial charge is 0.147 e.